The molecule has 0 amide bonds. The Morgan fingerprint density at radius 3 is 3.17 bits per heavy atom. The summed E-state index contributed by atoms with van der Waals surface area (Å²) in [4.78, 5) is 10.3. The molecule has 1 aliphatic heterocycles. The Hall–Kier alpha value is -0.650. The zero-order valence-corrected chi connectivity index (χ0v) is 7.12. The quantitative estimate of drug-likeness (QED) is 0.592. The lowest BCUT2D eigenvalue weighted by atomic mass is 10.2. The van der Waals surface area contributed by atoms with Crippen molar-refractivity contribution >= 4 is 5.97 Å². The van der Waals surface area contributed by atoms with Gasteiger partial charge in [-0.25, -0.2) is 5.01 Å². The van der Waals surface area contributed by atoms with Crippen molar-refractivity contribution in [3.05, 3.63) is 0 Å². The van der Waals surface area contributed by atoms with Gasteiger partial charge in [0.15, 0.2) is 0 Å². The maximum absolute atomic E-state index is 10.3. The number of hydrogen-bond acceptors (Lipinski definition) is 4. The molecule has 0 aromatic rings. The van der Waals surface area contributed by atoms with Gasteiger partial charge in [0.25, 0.3) is 0 Å². The second-order valence-electron chi connectivity index (χ2n) is 2.76. The number of aliphatic carboxylic acids is 1. The van der Waals surface area contributed by atoms with Crippen molar-refractivity contribution in [2.45, 2.75) is 12.5 Å². The normalized spacial score (nSPS) is 25.6. The fourth-order valence-corrected chi connectivity index (χ4v) is 1.24. The van der Waals surface area contributed by atoms with Crippen LogP contribution in [0.1, 0.15) is 6.42 Å². The molecule has 0 bridgehead atoms. The predicted molar refractivity (Wildman–Crippen MR) is 42.6 cm³/mol. The summed E-state index contributed by atoms with van der Waals surface area (Å²) in [5, 5.41) is 10.5. The molecule has 1 heterocycles. The van der Waals surface area contributed by atoms with Gasteiger partial charge in [-0.2, -0.15) is 0 Å². The fraction of sp³-hybridized carbons (Fsp3) is 0.857. The number of carbonyl (C=O) groups is 1. The minimum atomic E-state index is -0.807. The first-order valence-electron chi connectivity index (χ1n) is 3.98. The molecule has 1 rings (SSSR count). The van der Waals surface area contributed by atoms with Crippen LogP contribution in [0.25, 0.3) is 0 Å². The van der Waals surface area contributed by atoms with E-state index in [0.29, 0.717) is 13.2 Å². The van der Waals surface area contributed by atoms with Crippen LogP contribution in [-0.4, -0.2) is 48.9 Å². The predicted octanol–water partition coefficient (Wildman–Crippen LogP) is -0.704. The molecule has 1 unspecified atom stereocenters. The van der Waals surface area contributed by atoms with Crippen LogP contribution in [0.2, 0.25) is 0 Å². The van der Waals surface area contributed by atoms with Gasteiger partial charge in [-0.05, 0) is 7.05 Å². The van der Waals surface area contributed by atoms with Gasteiger partial charge in [-0.3, -0.25) is 10.2 Å². The lowest BCUT2D eigenvalue weighted by molar-refractivity contribution is -0.142. The lowest BCUT2D eigenvalue weighted by Gasteiger charge is -2.31. The Kier molecular flexibility index (Phi) is 3.46. The molecule has 1 fully saturated rings. The van der Waals surface area contributed by atoms with E-state index in [1.165, 1.54) is 0 Å². The third-order valence-corrected chi connectivity index (χ3v) is 1.86. The number of hydrogen-bond donors (Lipinski definition) is 2. The van der Waals surface area contributed by atoms with Crippen LogP contribution >= 0.6 is 0 Å². The summed E-state index contributed by atoms with van der Waals surface area (Å²) < 4.78 is 5.26. The smallest absolute Gasteiger partial charge is 0.306 e. The molecule has 0 aromatic heterocycles. The molecule has 1 aliphatic rings. The summed E-state index contributed by atoms with van der Waals surface area (Å²) in [5.74, 6) is -0.807. The van der Waals surface area contributed by atoms with Crippen molar-refractivity contribution < 1.29 is 14.6 Å². The van der Waals surface area contributed by atoms with E-state index in [2.05, 4.69) is 5.43 Å². The van der Waals surface area contributed by atoms with E-state index in [1.54, 1.807) is 0 Å². The molecule has 5 heteroatoms. The third kappa shape index (κ3) is 2.77. The highest BCUT2D eigenvalue weighted by atomic mass is 16.5. The van der Waals surface area contributed by atoms with E-state index < -0.39 is 5.97 Å². The monoisotopic (exact) mass is 174 g/mol. The van der Waals surface area contributed by atoms with Crippen molar-refractivity contribution in [2.24, 2.45) is 0 Å². The summed E-state index contributed by atoms with van der Waals surface area (Å²) in [6, 6.07) is 0. The van der Waals surface area contributed by atoms with Gasteiger partial charge in [0, 0.05) is 13.1 Å². The molecular formula is C7H14N2O3. The van der Waals surface area contributed by atoms with Gasteiger partial charge in [-0.15, -0.1) is 0 Å². The summed E-state index contributed by atoms with van der Waals surface area (Å²) >= 11 is 0. The van der Waals surface area contributed by atoms with E-state index in [9.17, 15) is 4.79 Å². The van der Waals surface area contributed by atoms with E-state index in [0.717, 1.165) is 6.54 Å². The summed E-state index contributed by atoms with van der Waals surface area (Å²) in [6.45, 7) is 2.05. The lowest BCUT2D eigenvalue weighted by Crippen LogP contribution is -2.48. The average molecular weight is 174 g/mol. The summed E-state index contributed by atoms with van der Waals surface area (Å²) in [7, 11) is 1.82. The van der Waals surface area contributed by atoms with Crippen LogP contribution in [-0.2, 0) is 9.53 Å². The van der Waals surface area contributed by atoms with Crippen LogP contribution in [0.3, 0.4) is 0 Å². The van der Waals surface area contributed by atoms with Crippen LogP contribution in [0.4, 0.5) is 0 Å². The summed E-state index contributed by atoms with van der Waals surface area (Å²) in [5.41, 5.74) is 2.97. The largest absolute Gasteiger partial charge is 0.481 e. The Morgan fingerprint density at radius 1 is 1.83 bits per heavy atom. The third-order valence-electron chi connectivity index (χ3n) is 1.86. The fourth-order valence-electron chi connectivity index (χ4n) is 1.24. The number of nitrogens with zero attached hydrogens (tertiary/aromatic N) is 1. The standard InChI is InChI=1S/C7H14N2O3/c1-8-9-2-3-12-6(5-9)4-7(10)11/h6,8H,2-5H2,1H3,(H,10,11). The van der Waals surface area contributed by atoms with Crippen LogP contribution in [0.15, 0.2) is 0 Å². The van der Waals surface area contributed by atoms with Gasteiger partial charge in [0.2, 0.25) is 0 Å². The number of morpholine rings is 1. The van der Waals surface area contributed by atoms with Crippen molar-refractivity contribution in [3.63, 3.8) is 0 Å². The number of carboxylic acids is 1. The molecule has 1 atom stereocenters. The molecule has 0 saturated carbocycles. The minimum absolute atomic E-state index is 0.0815. The number of hydrazine groups is 1. The molecule has 70 valence electrons. The van der Waals surface area contributed by atoms with Gasteiger partial charge in [-0.1, -0.05) is 0 Å². The number of nitrogens with one attached hydrogen (secondary N) is 1. The second kappa shape index (κ2) is 4.39. The highest BCUT2D eigenvalue weighted by Crippen LogP contribution is 2.05. The van der Waals surface area contributed by atoms with Crippen molar-refractivity contribution in [3.8, 4) is 0 Å². The van der Waals surface area contributed by atoms with Crippen LogP contribution < -0.4 is 5.43 Å². The van der Waals surface area contributed by atoms with Gasteiger partial charge in [0.05, 0.1) is 19.1 Å². The highest BCUT2D eigenvalue weighted by molar-refractivity contribution is 5.67. The topological polar surface area (TPSA) is 61.8 Å². The minimum Gasteiger partial charge on any atom is -0.481 e. The number of carboxylic acid groups (broad SMARTS) is 1. The van der Waals surface area contributed by atoms with E-state index in [-0.39, 0.29) is 12.5 Å². The van der Waals surface area contributed by atoms with Crippen LogP contribution in [0.5, 0.6) is 0 Å². The Bertz CT molecular complexity index is 163. The van der Waals surface area contributed by atoms with Crippen LogP contribution in [0, 0.1) is 0 Å². The van der Waals surface area contributed by atoms with Crippen molar-refractivity contribution in [1.82, 2.24) is 10.4 Å². The Labute approximate surface area is 71.3 Å². The molecule has 12 heavy (non-hydrogen) atoms. The average Bonchev–Trinajstić information content (AvgIpc) is 2.03. The highest BCUT2D eigenvalue weighted by Gasteiger charge is 2.21. The molecule has 2 N–H and O–H groups in total. The first-order chi connectivity index (χ1) is 5.72. The zero-order chi connectivity index (χ0) is 8.97. The van der Waals surface area contributed by atoms with Gasteiger partial charge < -0.3 is 9.84 Å². The SMILES string of the molecule is CNN1CCOC(CC(=O)O)C1. The zero-order valence-electron chi connectivity index (χ0n) is 7.12. The molecule has 0 radical (unpaired) electrons. The van der Waals surface area contributed by atoms with Crippen molar-refractivity contribution in [1.29, 1.82) is 0 Å². The first kappa shape index (κ1) is 9.44. The maximum Gasteiger partial charge on any atom is 0.306 e. The van der Waals surface area contributed by atoms with E-state index in [1.807, 2.05) is 12.1 Å². The summed E-state index contributed by atoms with van der Waals surface area (Å²) in [6.07, 6.45) is -0.0956. The molecule has 0 aromatic carbocycles. The molecule has 0 aliphatic carbocycles. The Balaban J connectivity index is 2.30. The number of ether oxygens (including phenoxy) is 1. The second-order valence-corrected chi connectivity index (χ2v) is 2.76. The molecular weight excluding hydrogens is 160 g/mol. The van der Waals surface area contributed by atoms with Crippen molar-refractivity contribution in [2.75, 3.05) is 26.7 Å². The van der Waals surface area contributed by atoms with Gasteiger partial charge >= 0.3 is 5.97 Å². The maximum atomic E-state index is 10.3. The molecule has 0 spiro atoms. The van der Waals surface area contributed by atoms with Gasteiger partial charge in [0.1, 0.15) is 0 Å². The Morgan fingerprint density at radius 2 is 2.58 bits per heavy atom. The van der Waals surface area contributed by atoms with E-state index >= 15 is 0 Å². The van der Waals surface area contributed by atoms with E-state index in [4.69, 9.17) is 9.84 Å². The molecule has 5 nitrogen and oxygen atoms in total. The molecule has 1 saturated heterocycles. The number of rotatable bonds is 3. The first-order valence-corrected chi connectivity index (χ1v) is 3.98.